The molecule has 3 N–H and O–H groups in total. The fourth-order valence-corrected chi connectivity index (χ4v) is 5.00. The number of rotatable bonds is 5. The summed E-state index contributed by atoms with van der Waals surface area (Å²) in [5, 5.41) is 2.15. The first-order chi connectivity index (χ1) is 11.1. The Morgan fingerprint density at radius 2 is 1.62 bits per heavy atom. The number of carbonyl (C=O) groups excluding carboxylic acids is 1. The third kappa shape index (κ3) is 4.13. The maximum atomic E-state index is 12.7. The summed E-state index contributed by atoms with van der Waals surface area (Å²) in [6.45, 7) is 7.29. The Morgan fingerprint density at radius 3 is 2.12 bits per heavy atom. The van der Waals surface area contributed by atoms with Gasteiger partial charge in [0.15, 0.2) is 0 Å². The monoisotopic (exact) mass is 354 g/mol. The van der Waals surface area contributed by atoms with Crippen LogP contribution < -0.4 is 16.2 Å². The Hall–Kier alpha value is -1.48. The topological polar surface area (TPSA) is 90.5 Å². The molecule has 0 aromatic heterocycles. The van der Waals surface area contributed by atoms with Crippen LogP contribution in [-0.4, -0.2) is 49.6 Å². The highest BCUT2D eigenvalue weighted by Crippen LogP contribution is 2.19. The van der Waals surface area contributed by atoms with E-state index in [0.29, 0.717) is 5.69 Å². The highest BCUT2D eigenvalue weighted by atomic mass is 32.2. The standard InChI is InChI=1S/C16H26N4O3S/c1-10-6-11(2)8-14(7-10)17-15(21)9-20(5)24(22,23)16-12(3)18-19-13(16)4/h6-8,12-13,16,18-19H,9H2,1-5H3,(H,17,21). The van der Waals surface area contributed by atoms with Gasteiger partial charge >= 0.3 is 0 Å². The second-order valence-electron chi connectivity index (χ2n) is 6.56. The summed E-state index contributed by atoms with van der Waals surface area (Å²) in [6, 6.07) is 5.27. The van der Waals surface area contributed by atoms with Gasteiger partial charge in [-0.1, -0.05) is 6.07 Å². The van der Waals surface area contributed by atoms with E-state index < -0.39 is 15.3 Å². The molecule has 1 aromatic rings. The van der Waals surface area contributed by atoms with Gasteiger partial charge < -0.3 is 5.32 Å². The average Bonchev–Trinajstić information content (AvgIpc) is 2.77. The molecule has 1 fully saturated rings. The van der Waals surface area contributed by atoms with Crippen molar-refractivity contribution in [2.24, 2.45) is 0 Å². The van der Waals surface area contributed by atoms with Gasteiger partial charge in [0.25, 0.3) is 0 Å². The lowest BCUT2D eigenvalue weighted by molar-refractivity contribution is -0.116. The number of hydrogen-bond acceptors (Lipinski definition) is 5. The molecule has 2 rings (SSSR count). The Morgan fingerprint density at radius 1 is 1.12 bits per heavy atom. The van der Waals surface area contributed by atoms with Crippen LogP contribution in [0.15, 0.2) is 18.2 Å². The number of hydrazine groups is 1. The molecule has 2 unspecified atom stereocenters. The number of hydrogen-bond donors (Lipinski definition) is 3. The van der Waals surface area contributed by atoms with E-state index in [1.807, 2.05) is 45.9 Å². The molecule has 7 nitrogen and oxygen atoms in total. The van der Waals surface area contributed by atoms with Crippen LogP contribution in [0.2, 0.25) is 0 Å². The highest BCUT2D eigenvalue weighted by Gasteiger charge is 2.42. The van der Waals surface area contributed by atoms with Crippen LogP contribution >= 0.6 is 0 Å². The molecular formula is C16H26N4O3S. The molecule has 0 radical (unpaired) electrons. The van der Waals surface area contributed by atoms with E-state index in [4.69, 9.17) is 0 Å². The van der Waals surface area contributed by atoms with E-state index in [9.17, 15) is 13.2 Å². The lowest BCUT2D eigenvalue weighted by atomic mass is 10.1. The van der Waals surface area contributed by atoms with Crippen molar-refractivity contribution < 1.29 is 13.2 Å². The number of aryl methyl sites for hydroxylation is 2. The van der Waals surface area contributed by atoms with Crippen LogP contribution in [0.3, 0.4) is 0 Å². The molecule has 24 heavy (non-hydrogen) atoms. The van der Waals surface area contributed by atoms with Crippen molar-refractivity contribution in [1.82, 2.24) is 15.2 Å². The zero-order valence-electron chi connectivity index (χ0n) is 14.8. The molecule has 8 heteroatoms. The largest absolute Gasteiger partial charge is 0.325 e. The lowest BCUT2D eigenvalue weighted by Crippen LogP contribution is -2.47. The van der Waals surface area contributed by atoms with Gasteiger partial charge in [-0.15, -0.1) is 0 Å². The van der Waals surface area contributed by atoms with Crippen LogP contribution in [0.1, 0.15) is 25.0 Å². The summed E-state index contributed by atoms with van der Waals surface area (Å²) in [4.78, 5) is 12.2. The summed E-state index contributed by atoms with van der Waals surface area (Å²) < 4.78 is 26.6. The minimum Gasteiger partial charge on any atom is -0.325 e. The molecule has 0 saturated carbocycles. The van der Waals surface area contributed by atoms with Gasteiger partial charge in [0.2, 0.25) is 15.9 Å². The van der Waals surface area contributed by atoms with Crippen LogP contribution in [0.4, 0.5) is 5.69 Å². The van der Waals surface area contributed by atoms with Crippen molar-refractivity contribution in [2.75, 3.05) is 18.9 Å². The number of nitrogens with zero attached hydrogens (tertiary/aromatic N) is 1. The summed E-state index contributed by atoms with van der Waals surface area (Å²) in [5.74, 6) is -0.356. The van der Waals surface area contributed by atoms with E-state index >= 15 is 0 Å². The molecule has 2 atom stereocenters. The highest BCUT2D eigenvalue weighted by molar-refractivity contribution is 7.89. The second-order valence-corrected chi connectivity index (χ2v) is 8.75. The summed E-state index contributed by atoms with van der Waals surface area (Å²) in [5.41, 5.74) is 8.61. The number of sulfonamides is 1. The number of amides is 1. The van der Waals surface area contributed by atoms with Gasteiger partial charge in [-0.05, 0) is 51.0 Å². The fraction of sp³-hybridized carbons (Fsp3) is 0.562. The smallest absolute Gasteiger partial charge is 0.239 e. The number of likely N-dealkylation sites (N-methyl/N-ethyl adjacent to an activating group) is 1. The Labute approximate surface area is 143 Å². The van der Waals surface area contributed by atoms with Gasteiger partial charge in [0.1, 0.15) is 5.25 Å². The zero-order chi connectivity index (χ0) is 18.1. The van der Waals surface area contributed by atoms with E-state index in [-0.39, 0.29) is 24.5 Å². The first-order valence-corrected chi connectivity index (χ1v) is 9.46. The molecule has 1 aliphatic rings. The molecule has 1 amide bonds. The molecule has 1 heterocycles. The summed E-state index contributed by atoms with van der Waals surface area (Å²) in [7, 11) is -2.15. The SMILES string of the molecule is Cc1cc(C)cc(NC(=O)CN(C)S(=O)(=O)C2C(C)NNC2C)c1. The molecular weight excluding hydrogens is 328 g/mol. The molecule has 0 bridgehead atoms. The van der Waals surface area contributed by atoms with Crippen LogP contribution in [0.5, 0.6) is 0 Å². The minimum absolute atomic E-state index is 0.217. The van der Waals surface area contributed by atoms with Gasteiger partial charge in [-0.3, -0.25) is 15.6 Å². The fourth-order valence-electron chi connectivity index (χ4n) is 3.12. The quantitative estimate of drug-likeness (QED) is 0.726. The van der Waals surface area contributed by atoms with Crippen LogP contribution in [0.25, 0.3) is 0 Å². The van der Waals surface area contributed by atoms with Gasteiger partial charge in [0, 0.05) is 24.8 Å². The first kappa shape index (κ1) is 18.9. The first-order valence-electron chi connectivity index (χ1n) is 7.95. The Kier molecular flexibility index (Phi) is 5.64. The van der Waals surface area contributed by atoms with Crippen molar-refractivity contribution in [3.05, 3.63) is 29.3 Å². The second kappa shape index (κ2) is 7.18. The normalized spacial score (nSPS) is 24.3. The van der Waals surface area contributed by atoms with E-state index in [0.717, 1.165) is 15.4 Å². The van der Waals surface area contributed by atoms with Crippen LogP contribution in [-0.2, 0) is 14.8 Å². The predicted molar refractivity (Wildman–Crippen MR) is 95.1 cm³/mol. The maximum Gasteiger partial charge on any atom is 0.239 e. The summed E-state index contributed by atoms with van der Waals surface area (Å²) >= 11 is 0. The number of anilines is 1. The van der Waals surface area contributed by atoms with Crippen molar-refractivity contribution in [2.45, 2.75) is 45.0 Å². The number of nitrogens with one attached hydrogen (secondary N) is 3. The third-order valence-electron chi connectivity index (χ3n) is 4.17. The average molecular weight is 354 g/mol. The van der Waals surface area contributed by atoms with Gasteiger partial charge in [-0.2, -0.15) is 4.31 Å². The van der Waals surface area contributed by atoms with Gasteiger partial charge in [0.05, 0.1) is 6.54 Å². The van der Waals surface area contributed by atoms with Crippen molar-refractivity contribution in [3.8, 4) is 0 Å². The summed E-state index contributed by atoms with van der Waals surface area (Å²) in [6.07, 6.45) is 0. The molecule has 1 aromatic carbocycles. The van der Waals surface area contributed by atoms with Crippen molar-refractivity contribution in [3.63, 3.8) is 0 Å². The Bertz CT molecular complexity index is 690. The van der Waals surface area contributed by atoms with Gasteiger partial charge in [-0.25, -0.2) is 8.42 Å². The van der Waals surface area contributed by atoms with E-state index in [2.05, 4.69) is 16.2 Å². The lowest BCUT2D eigenvalue weighted by Gasteiger charge is -2.25. The third-order valence-corrected chi connectivity index (χ3v) is 6.68. The number of benzene rings is 1. The van der Waals surface area contributed by atoms with Crippen LogP contribution in [0, 0.1) is 13.8 Å². The van der Waals surface area contributed by atoms with Crippen molar-refractivity contribution >= 4 is 21.6 Å². The molecule has 134 valence electrons. The maximum absolute atomic E-state index is 12.7. The van der Waals surface area contributed by atoms with E-state index in [1.54, 1.807) is 0 Å². The van der Waals surface area contributed by atoms with E-state index in [1.165, 1.54) is 7.05 Å². The number of carbonyl (C=O) groups is 1. The zero-order valence-corrected chi connectivity index (χ0v) is 15.6. The molecule has 0 spiro atoms. The Balaban J connectivity index is 2.05. The molecule has 1 aliphatic heterocycles. The molecule has 0 aliphatic carbocycles. The molecule has 1 saturated heterocycles. The predicted octanol–water partition coefficient (Wildman–Crippen LogP) is 0.757. The minimum atomic E-state index is -3.59. The van der Waals surface area contributed by atoms with Crippen molar-refractivity contribution in [1.29, 1.82) is 0 Å².